The van der Waals surface area contributed by atoms with Gasteiger partial charge in [0.15, 0.2) is 0 Å². The number of aryl methyl sites for hydroxylation is 2. The highest BCUT2D eigenvalue weighted by molar-refractivity contribution is 5.30. The summed E-state index contributed by atoms with van der Waals surface area (Å²) in [6.45, 7) is 6.74. The normalized spacial score (nSPS) is 21.1. The largest absolute Gasteiger partial charge is 0.396 e. The first kappa shape index (κ1) is 12.5. The molecule has 0 radical (unpaired) electrons. The molecule has 0 aliphatic carbocycles. The van der Waals surface area contributed by atoms with Crippen molar-refractivity contribution in [1.82, 2.24) is 4.90 Å². The Labute approximate surface area is 102 Å². The van der Waals surface area contributed by atoms with Gasteiger partial charge in [-0.1, -0.05) is 12.1 Å². The van der Waals surface area contributed by atoms with Gasteiger partial charge in [-0.3, -0.25) is 4.90 Å². The molecule has 1 aromatic carbocycles. The van der Waals surface area contributed by atoms with Crippen molar-refractivity contribution in [2.75, 3.05) is 19.7 Å². The van der Waals surface area contributed by atoms with Crippen LogP contribution in [-0.4, -0.2) is 29.7 Å². The second kappa shape index (κ2) is 5.15. The van der Waals surface area contributed by atoms with Crippen LogP contribution in [0.5, 0.6) is 0 Å². The Hall–Kier alpha value is -0.930. The third-order valence-corrected chi connectivity index (χ3v) is 3.53. The van der Waals surface area contributed by atoms with Crippen molar-refractivity contribution >= 4 is 0 Å². The summed E-state index contributed by atoms with van der Waals surface area (Å²) in [7, 11) is 0. The van der Waals surface area contributed by atoms with E-state index in [1.54, 1.807) is 0 Å². The molecular weight excluding hydrogens is 217 g/mol. The van der Waals surface area contributed by atoms with Gasteiger partial charge < -0.3 is 5.11 Å². The summed E-state index contributed by atoms with van der Waals surface area (Å²) < 4.78 is 13.5. The zero-order valence-electron chi connectivity index (χ0n) is 10.5. The fourth-order valence-corrected chi connectivity index (χ4v) is 2.59. The SMILES string of the molecule is Cc1cc(CN2CCC(CO)C2)cc(C)c1F. The Morgan fingerprint density at radius 3 is 2.53 bits per heavy atom. The van der Waals surface area contributed by atoms with Gasteiger partial charge >= 0.3 is 0 Å². The minimum atomic E-state index is -0.0941. The number of nitrogens with zero attached hydrogens (tertiary/aromatic N) is 1. The lowest BCUT2D eigenvalue weighted by Gasteiger charge is -2.16. The Bertz CT molecular complexity index is 382. The number of aliphatic hydroxyl groups excluding tert-OH is 1. The quantitative estimate of drug-likeness (QED) is 0.871. The van der Waals surface area contributed by atoms with Crippen LogP contribution in [0.1, 0.15) is 23.1 Å². The van der Waals surface area contributed by atoms with E-state index in [0.29, 0.717) is 5.92 Å². The Morgan fingerprint density at radius 1 is 1.35 bits per heavy atom. The van der Waals surface area contributed by atoms with Gasteiger partial charge in [0.1, 0.15) is 5.82 Å². The molecule has 0 bridgehead atoms. The van der Waals surface area contributed by atoms with Crippen molar-refractivity contribution in [1.29, 1.82) is 0 Å². The molecule has 1 fully saturated rings. The van der Waals surface area contributed by atoms with Crippen LogP contribution < -0.4 is 0 Å². The Balaban J connectivity index is 2.04. The maximum atomic E-state index is 13.5. The first-order valence-corrected chi connectivity index (χ1v) is 6.19. The van der Waals surface area contributed by atoms with E-state index < -0.39 is 0 Å². The average Bonchev–Trinajstić information content (AvgIpc) is 2.73. The summed E-state index contributed by atoms with van der Waals surface area (Å²) in [5, 5.41) is 9.10. The van der Waals surface area contributed by atoms with E-state index in [-0.39, 0.29) is 12.4 Å². The lowest BCUT2D eigenvalue weighted by atomic mass is 10.1. The summed E-state index contributed by atoms with van der Waals surface area (Å²) in [4.78, 5) is 2.33. The summed E-state index contributed by atoms with van der Waals surface area (Å²) >= 11 is 0. The number of hydrogen-bond acceptors (Lipinski definition) is 2. The van der Waals surface area contributed by atoms with Crippen LogP contribution in [0.3, 0.4) is 0 Å². The van der Waals surface area contributed by atoms with Crippen LogP contribution >= 0.6 is 0 Å². The lowest BCUT2D eigenvalue weighted by molar-refractivity contribution is 0.220. The van der Waals surface area contributed by atoms with Crippen LogP contribution in [0.15, 0.2) is 12.1 Å². The molecule has 0 saturated carbocycles. The number of hydrogen-bond donors (Lipinski definition) is 1. The molecular formula is C14H20FNO. The van der Waals surface area contributed by atoms with E-state index >= 15 is 0 Å². The number of aliphatic hydroxyl groups is 1. The zero-order valence-corrected chi connectivity index (χ0v) is 10.5. The smallest absolute Gasteiger partial charge is 0.129 e. The third kappa shape index (κ3) is 2.85. The highest BCUT2D eigenvalue weighted by Gasteiger charge is 2.21. The molecule has 1 aliphatic heterocycles. The van der Waals surface area contributed by atoms with Crippen LogP contribution in [0.2, 0.25) is 0 Å². The highest BCUT2D eigenvalue weighted by atomic mass is 19.1. The molecule has 1 unspecified atom stereocenters. The fourth-order valence-electron chi connectivity index (χ4n) is 2.59. The molecule has 0 spiro atoms. The van der Waals surface area contributed by atoms with Crippen molar-refractivity contribution < 1.29 is 9.50 Å². The van der Waals surface area contributed by atoms with Crippen LogP contribution in [0, 0.1) is 25.6 Å². The minimum absolute atomic E-state index is 0.0941. The zero-order chi connectivity index (χ0) is 12.4. The van der Waals surface area contributed by atoms with E-state index in [1.807, 2.05) is 26.0 Å². The number of halogens is 1. The molecule has 0 aromatic heterocycles. The van der Waals surface area contributed by atoms with Crippen LogP contribution in [-0.2, 0) is 6.54 Å². The Kier molecular flexibility index (Phi) is 3.79. The highest BCUT2D eigenvalue weighted by Crippen LogP contribution is 2.20. The van der Waals surface area contributed by atoms with Crippen LogP contribution in [0.25, 0.3) is 0 Å². The molecule has 3 heteroatoms. The van der Waals surface area contributed by atoms with Crippen molar-refractivity contribution in [2.45, 2.75) is 26.8 Å². The van der Waals surface area contributed by atoms with E-state index in [2.05, 4.69) is 4.90 Å². The van der Waals surface area contributed by atoms with E-state index in [0.717, 1.165) is 37.2 Å². The molecule has 1 aromatic rings. The van der Waals surface area contributed by atoms with E-state index in [1.165, 1.54) is 5.56 Å². The van der Waals surface area contributed by atoms with Crippen LogP contribution in [0.4, 0.5) is 4.39 Å². The predicted molar refractivity (Wildman–Crippen MR) is 66.3 cm³/mol. The van der Waals surface area contributed by atoms with Crippen molar-refractivity contribution in [2.24, 2.45) is 5.92 Å². The van der Waals surface area contributed by atoms with Crippen molar-refractivity contribution in [3.63, 3.8) is 0 Å². The van der Waals surface area contributed by atoms with Gasteiger partial charge in [0.05, 0.1) is 0 Å². The summed E-state index contributed by atoms with van der Waals surface area (Å²) in [6, 6.07) is 3.85. The van der Waals surface area contributed by atoms with Gasteiger partial charge in [0.25, 0.3) is 0 Å². The molecule has 2 nitrogen and oxygen atoms in total. The maximum absolute atomic E-state index is 13.5. The second-order valence-electron chi connectivity index (χ2n) is 5.12. The van der Waals surface area contributed by atoms with Gasteiger partial charge in [-0.15, -0.1) is 0 Å². The maximum Gasteiger partial charge on any atom is 0.129 e. The number of likely N-dealkylation sites (tertiary alicyclic amines) is 1. The first-order valence-electron chi connectivity index (χ1n) is 6.19. The first-order chi connectivity index (χ1) is 8.10. The lowest BCUT2D eigenvalue weighted by Crippen LogP contribution is -2.21. The molecule has 1 N–H and O–H groups in total. The molecule has 1 saturated heterocycles. The molecule has 1 heterocycles. The predicted octanol–water partition coefficient (Wildman–Crippen LogP) is 2.26. The van der Waals surface area contributed by atoms with Crippen molar-refractivity contribution in [3.05, 3.63) is 34.6 Å². The number of benzene rings is 1. The molecule has 1 atom stereocenters. The topological polar surface area (TPSA) is 23.5 Å². The third-order valence-electron chi connectivity index (χ3n) is 3.53. The molecule has 2 rings (SSSR count). The molecule has 0 amide bonds. The summed E-state index contributed by atoms with van der Waals surface area (Å²) in [5.74, 6) is 0.320. The standard InChI is InChI=1S/C14H20FNO/c1-10-5-13(6-11(2)14(10)15)8-16-4-3-12(7-16)9-17/h5-6,12,17H,3-4,7-9H2,1-2H3. The second-order valence-corrected chi connectivity index (χ2v) is 5.12. The average molecular weight is 237 g/mol. The minimum Gasteiger partial charge on any atom is -0.396 e. The van der Waals surface area contributed by atoms with Gasteiger partial charge in [-0.2, -0.15) is 0 Å². The number of rotatable bonds is 3. The Morgan fingerprint density at radius 2 is 2.00 bits per heavy atom. The van der Waals surface area contributed by atoms with Gasteiger partial charge in [-0.25, -0.2) is 4.39 Å². The molecule has 17 heavy (non-hydrogen) atoms. The monoisotopic (exact) mass is 237 g/mol. The van der Waals surface area contributed by atoms with Gasteiger partial charge in [-0.05, 0) is 49.4 Å². The molecule has 94 valence electrons. The molecule has 1 aliphatic rings. The van der Waals surface area contributed by atoms with E-state index in [4.69, 9.17) is 5.11 Å². The van der Waals surface area contributed by atoms with Gasteiger partial charge in [0.2, 0.25) is 0 Å². The van der Waals surface area contributed by atoms with Gasteiger partial charge in [0, 0.05) is 19.7 Å². The summed E-state index contributed by atoms with van der Waals surface area (Å²) in [6.07, 6.45) is 1.07. The fraction of sp³-hybridized carbons (Fsp3) is 0.571. The summed E-state index contributed by atoms with van der Waals surface area (Å²) in [5.41, 5.74) is 2.61. The van der Waals surface area contributed by atoms with Crippen molar-refractivity contribution in [3.8, 4) is 0 Å². The van der Waals surface area contributed by atoms with E-state index in [9.17, 15) is 4.39 Å².